The zero-order valence-corrected chi connectivity index (χ0v) is 18.3. The molecule has 0 bridgehead atoms. The van der Waals surface area contributed by atoms with Crippen LogP contribution in [-0.2, 0) is 11.3 Å². The molecule has 0 aliphatic carbocycles. The Labute approximate surface area is 183 Å². The molecule has 30 heavy (non-hydrogen) atoms. The van der Waals surface area contributed by atoms with Gasteiger partial charge in [-0.2, -0.15) is 0 Å². The monoisotopic (exact) mass is 464 g/mol. The largest absolute Gasteiger partial charge is 0.478 e. The normalized spacial score (nSPS) is 11.4. The summed E-state index contributed by atoms with van der Waals surface area (Å²) >= 11 is 3.39. The lowest BCUT2D eigenvalue weighted by atomic mass is 10.1. The number of nitrogens with zero attached hydrogens (tertiary/aromatic N) is 1. The maximum absolute atomic E-state index is 12.6. The van der Waals surface area contributed by atoms with Crippen LogP contribution in [0.5, 0.6) is 5.75 Å². The molecule has 1 amide bonds. The van der Waals surface area contributed by atoms with Gasteiger partial charge in [0.1, 0.15) is 11.3 Å². The number of benzene rings is 3. The van der Waals surface area contributed by atoms with Crippen molar-refractivity contribution in [3.8, 4) is 17.2 Å². The number of rotatable bonds is 6. The van der Waals surface area contributed by atoms with Gasteiger partial charge in [-0.25, -0.2) is 4.98 Å². The molecule has 0 aliphatic rings. The van der Waals surface area contributed by atoms with Gasteiger partial charge in [0.2, 0.25) is 5.89 Å². The Kier molecular flexibility index (Phi) is 5.59. The molecule has 0 saturated heterocycles. The van der Waals surface area contributed by atoms with E-state index >= 15 is 0 Å². The Bertz CT molecular complexity index is 1130. The molecule has 0 unspecified atom stereocenters. The van der Waals surface area contributed by atoms with Crippen LogP contribution in [0.3, 0.4) is 0 Å². The summed E-state index contributed by atoms with van der Waals surface area (Å²) in [7, 11) is 0. The fraction of sp³-hybridized carbons (Fsp3) is 0.167. The summed E-state index contributed by atoms with van der Waals surface area (Å²) < 4.78 is 12.6. The molecular weight excluding hydrogens is 444 g/mol. The van der Waals surface area contributed by atoms with Gasteiger partial charge in [-0.15, -0.1) is 0 Å². The lowest BCUT2D eigenvalue weighted by Gasteiger charge is -2.25. The second-order valence-electron chi connectivity index (χ2n) is 7.43. The first-order valence-electron chi connectivity index (χ1n) is 9.58. The molecule has 5 nitrogen and oxygen atoms in total. The summed E-state index contributed by atoms with van der Waals surface area (Å²) in [6.45, 7) is 3.90. The topological polar surface area (TPSA) is 64.4 Å². The highest BCUT2D eigenvalue weighted by Crippen LogP contribution is 2.25. The lowest BCUT2D eigenvalue weighted by Crippen LogP contribution is -2.46. The van der Waals surface area contributed by atoms with E-state index in [2.05, 4.69) is 26.2 Å². The Hall–Kier alpha value is -3.12. The second-order valence-corrected chi connectivity index (χ2v) is 8.35. The van der Waals surface area contributed by atoms with Crippen molar-refractivity contribution in [1.29, 1.82) is 0 Å². The summed E-state index contributed by atoms with van der Waals surface area (Å²) in [5, 5.41) is 2.94. The summed E-state index contributed by atoms with van der Waals surface area (Å²) in [4.78, 5) is 17.1. The second kappa shape index (κ2) is 8.32. The summed E-state index contributed by atoms with van der Waals surface area (Å²) in [6.07, 6.45) is 0. The van der Waals surface area contributed by atoms with Crippen LogP contribution in [0, 0.1) is 0 Å². The first-order valence-corrected chi connectivity index (χ1v) is 10.4. The fourth-order valence-electron chi connectivity index (χ4n) is 3.00. The number of para-hydroxylation sites is 2. The molecule has 0 saturated carbocycles. The molecule has 0 atom stereocenters. The maximum atomic E-state index is 12.6. The predicted molar refractivity (Wildman–Crippen MR) is 120 cm³/mol. The number of fused-ring (bicyclic) bond motifs is 1. The lowest BCUT2D eigenvalue weighted by molar-refractivity contribution is -0.134. The number of nitrogens with one attached hydrogen (secondary N) is 1. The van der Waals surface area contributed by atoms with E-state index in [1.54, 1.807) is 13.8 Å². The quantitative estimate of drug-likeness (QED) is 0.395. The minimum absolute atomic E-state index is 0.187. The Balaban J connectivity index is 1.38. The molecule has 3 aromatic carbocycles. The third-order valence-electron chi connectivity index (χ3n) is 4.68. The van der Waals surface area contributed by atoms with Crippen molar-refractivity contribution in [2.24, 2.45) is 0 Å². The first-order chi connectivity index (χ1) is 14.4. The summed E-state index contributed by atoms with van der Waals surface area (Å²) in [5.41, 5.74) is 2.46. The molecule has 1 heterocycles. The van der Waals surface area contributed by atoms with Crippen molar-refractivity contribution in [2.75, 3.05) is 0 Å². The average molecular weight is 465 g/mol. The van der Waals surface area contributed by atoms with E-state index in [9.17, 15) is 4.79 Å². The molecule has 1 N–H and O–H groups in total. The number of amides is 1. The minimum Gasteiger partial charge on any atom is -0.478 e. The van der Waals surface area contributed by atoms with Crippen molar-refractivity contribution >= 4 is 32.9 Å². The molecule has 152 valence electrons. The molecule has 1 aromatic heterocycles. The van der Waals surface area contributed by atoms with Crippen LogP contribution in [0.4, 0.5) is 0 Å². The number of ether oxygens (including phenoxy) is 1. The number of halogens is 1. The van der Waals surface area contributed by atoms with Gasteiger partial charge in [0.25, 0.3) is 5.91 Å². The van der Waals surface area contributed by atoms with Crippen molar-refractivity contribution in [2.45, 2.75) is 26.0 Å². The van der Waals surface area contributed by atoms with Gasteiger partial charge in [0.05, 0.1) is 0 Å². The molecule has 0 spiro atoms. The third kappa shape index (κ3) is 4.54. The minimum atomic E-state index is -0.994. The number of oxazole rings is 1. The highest BCUT2D eigenvalue weighted by Gasteiger charge is 2.29. The summed E-state index contributed by atoms with van der Waals surface area (Å²) in [5.74, 6) is 1.03. The van der Waals surface area contributed by atoms with Crippen LogP contribution in [0.1, 0.15) is 19.4 Å². The van der Waals surface area contributed by atoms with Gasteiger partial charge in [0, 0.05) is 16.6 Å². The van der Waals surface area contributed by atoms with Gasteiger partial charge < -0.3 is 14.5 Å². The van der Waals surface area contributed by atoms with Crippen molar-refractivity contribution in [3.63, 3.8) is 0 Å². The van der Waals surface area contributed by atoms with Crippen LogP contribution in [0.25, 0.3) is 22.6 Å². The van der Waals surface area contributed by atoms with E-state index in [1.165, 1.54) is 0 Å². The van der Waals surface area contributed by atoms with Gasteiger partial charge in [-0.3, -0.25) is 4.79 Å². The number of hydrogen-bond donors (Lipinski definition) is 1. The van der Waals surface area contributed by atoms with E-state index < -0.39 is 5.60 Å². The maximum Gasteiger partial charge on any atom is 0.263 e. The molecule has 0 radical (unpaired) electrons. The standard InChI is InChI=1S/C24H21BrN2O3/c1-24(2,30-19-13-11-18(25)12-14-19)23(28)26-15-16-7-9-17(10-8-16)22-27-20-5-3-4-6-21(20)29-22/h3-14H,15H2,1-2H3,(H,26,28). The van der Waals surface area contributed by atoms with Crippen molar-refractivity contribution in [3.05, 3.63) is 82.8 Å². The van der Waals surface area contributed by atoms with Crippen LogP contribution < -0.4 is 10.1 Å². The SMILES string of the molecule is CC(C)(Oc1ccc(Br)cc1)C(=O)NCc1ccc(-c2nc3ccccc3o2)cc1. The van der Waals surface area contributed by atoms with E-state index in [4.69, 9.17) is 9.15 Å². The smallest absolute Gasteiger partial charge is 0.263 e. The molecular formula is C24H21BrN2O3. The van der Waals surface area contributed by atoms with Crippen LogP contribution in [0.2, 0.25) is 0 Å². The van der Waals surface area contributed by atoms with E-state index in [0.29, 0.717) is 18.2 Å². The summed E-state index contributed by atoms with van der Waals surface area (Å²) in [6, 6.07) is 22.9. The zero-order valence-electron chi connectivity index (χ0n) is 16.7. The third-order valence-corrected chi connectivity index (χ3v) is 5.21. The highest BCUT2D eigenvalue weighted by atomic mass is 79.9. The number of aromatic nitrogens is 1. The van der Waals surface area contributed by atoms with Crippen LogP contribution in [0.15, 0.2) is 81.7 Å². The predicted octanol–water partition coefficient (Wildman–Crippen LogP) is 5.73. The van der Waals surface area contributed by atoms with Crippen LogP contribution >= 0.6 is 15.9 Å². The number of carbonyl (C=O) groups is 1. The Morgan fingerprint density at radius 3 is 2.43 bits per heavy atom. The molecule has 4 rings (SSSR count). The average Bonchev–Trinajstić information content (AvgIpc) is 3.18. The highest BCUT2D eigenvalue weighted by molar-refractivity contribution is 9.10. The van der Waals surface area contributed by atoms with Crippen molar-refractivity contribution < 1.29 is 13.9 Å². The van der Waals surface area contributed by atoms with Crippen molar-refractivity contribution in [1.82, 2.24) is 10.3 Å². The number of hydrogen-bond acceptors (Lipinski definition) is 4. The molecule has 0 fully saturated rings. The first kappa shape index (κ1) is 20.2. The molecule has 6 heteroatoms. The Morgan fingerprint density at radius 1 is 1.03 bits per heavy atom. The Morgan fingerprint density at radius 2 is 1.73 bits per heavy atom. The van der Waals surface area contributed by atoms with E-state index in [0.717, 1.165) is 26.7 Å². The van der Waals surface area contributed by atoms with E-state index in [-0.39, 0.29) is 5.91 Å². The van der Waals surface area contributed by atoms with Gasteiger partial charge in [-0.1, -0.05) is 40.2 Å². The number of carbonyl (C=O) groups excluding carboxylic acids is 1. The molecule has 4 aromatic rings. The van der Waals surface area contributed by atoms with Gasteiger partial charge in [0.15, 0.2) is 11.2 Å². The van der Waals surface area contributed by atoms with Crippen LogP contribution in [-0.4, -0.2) is 16.5 Å². The van der Waals surface area contributed by atoms with Gasteiger partial charge >= 0.3 is 0 Å². The van der Waals surface area contributed by atoms with E-state index in [1.807, 2.05) is 72.8 Å². The van der Waals surface area contributed by atoms with Gasteiger partial charge in [-0.05, 0) is 67.9 Å². The fourth-order valence-corrected chi connectivity index (χ4v) is 3.26. The zero-order chi connectivity index (χ0) is 21.1. The molecule has 0 aliphatic heterocycles.